The molecule has 11 heteroatoms. The highest BCUT2D eigenvalue weighted by molar-refractivity contribution is 5.85. The standard InChI is InChI=1S/C10H17NO5.C5H9NO3.ClH/c1-10(2,3)16-9(14)11-4-5-15-7(6-11)8(12)13;7-5(8)4-3-6-1-2-9-4;/h7H,4-6H2,1-3H3,(H,12,13);4,6H,1-3H2,(H,7,8);1H. The molecular weight excluding hydrogens is 372 g/mol. The van der Waals surface area contributed by atoms with Gasteiger partial charge in [0, 0.05) is 19.6 Å². The van der Waals surface area contributed by atoms with E-state index in [0.717, 1.165) is 6.54 Å². The van der Waals surface area contributed by atoms with Crippen LogP contribution in [0.4, 0.5) is 4.79 Å². The number of hydrogen-bond donors (Lipinski definition) is 3. The molecule has 2 aliphatic heterocycles. The molecule has 2 rings (SSSR count). The fourth-order valence-corrected chi connectivity index (χ4v) is 2.02. The Balaban J connectivity index is 0.000000532. The van der Waals surface area contributed by atoms with E-state index in [1.54, 1.807) is 20.8 Å². The number of carbonyl (C=O) groups excluding carboxylic acids is 1. The highest BCUT2D eigenvalue weighted by Crippen LogP contribution is 2.13. The molecule has 0 aromatic rings. The number of carboxylic acid groups (broad SMARTS) is 2. The predicted octanol–water partition coefficient (Wildman–Crippen LogP) is 0.188. The minimum Gasteiger partial charge on any atom is -0.479 e. The second-order valence-electron chi connectivity index (χ2n) is 6.53. The normalized spacial score (nSPS) is 23.0. The van der Waals surface area contributed by atoms with E-state index < -0.39 is 35.8 Å². The summed E-state index contributed by atoms with van der Waals surface area (Å²) in [7, 11) is 0. The first-order chi connectivity index (χ1) is 11.6. The van der Waals surface area contributed by atoms with Crippen LogP contribution in [-0.2, 0) is 23.8 Å². The van der Waals surface area contributed by atoms with Crippen LogP contribution in [0.2, 0.25) is 0 Å². The Morgan fingerprint density at radius 2 is 1.65 bits per heavy atom. The summed E-state index contributed by atoms with van der Waals surface area (Å²) in [5.74, 6) is -1.95. The Hall–Kier alpha value is -1.62. The van der Waals surface area contributed by atoms with Crippen molar-refractivity contribution in [2.45, 2.75) is 38.6 Å². The average molecular weight is 399 g/mol. The smallest absolute Gasteiger partial charge is 0.410 e. The van der Waals surface area contributed by atoms with Crippen molar-refractivity contribution in [2.24, 2.45) is 0 Å². The van der Waals surface area contributed by atoms with Gasteiger partial charge in [-0.2, -0.15) is 0 Å². The number of rotatable bonds is 2. The van der Waals surface area contributed by atoms with Crippen LogP contribution in [0.1, 0.15) is 20.8 Å². The molecule has 2 saturated heterocycles. The van der Waals surface area contributed by atoms with Gasteiger partial charge in [-0.15, -0.1) is 12.4 Å². The highest BCUT2D eigenvalue weighted by Gasteiger charge is 2.31. The molecule has 0 bridgehead atoms. The molecule has 2 unspecified atom stereocenters. The number of carbonyl (C=O) groups is 3. The van der Waals surface area contributed by atoms with E-state index in [4.69, 9.17) is 24.4 Å². The number of halogens is 1. The van der Waals surface area contributed by atoms with Gasteiger partial charge in [0.05, 0.1) is 19.8 Å². The lowest BCUT2D eigenvalue weighted by Crippen LogP contribution is -2.49. The summed E-state index contributed by atoms with van der Waals surface area (Å²) >= 11 is 0. The predicted molar refractivity (Wildman–Crippen MR) is 92.7 cm³/mol. The van der Waals surface area contributed by atoms with Gasteiger partial charge in [-0.25, -0.2) is 14.4 Å². The first kappa shape index (κ1) is 24.4. The second kappa shape index (κ2) is 11.2. The number of nitrogens with zero attached hydrogens (tertiary/aromatic N) is 1. The fraction of sp³-hybridized carbons (Fsp3) is 0.800. The second-order valence-corrected chi connectivity index (χ2v) is 6.53. The minimum absolute atomic E-state index is 0. The van der Waals surface area contributed by atoms with Gasteiger partial charge in [0.15, 0.2) is 12.2 Å². The molecule has 1 amide bonds. The van der Waals surface area contributed by atoms with Crippen LogP contribution in [0.3, 0.4) is 0 Å². The van der Waals surface area contributed by atoms with Crippen molar-refractivity contribution in [1.82, 2.24) is 10.2 Å². The molecule has 2 atom stereocenters. The largest absolute Gasteiger partial charge is 0.479 e. The maximum atomic E-state index is 11.6. The molecule has 0 aromatic carbocycles. The Bertz CT molecular complexity index is 477. The Morgan fingerprint density at radius 3 is 2.08 bits per heavy atom. The minimum atomic E-state index is -1.06. The van der Waals surface area contributed by atoms with Crippen molar-refractivity contribution < 1.29 is 38.8 Å². The van der Waals surface area contributed by atoms with E-state index in [-0.39, 0.29) is 25.6 Å². The van der Waals surface area contributed by atoms with Crippen LogP contribution in [-0.4, -0.2) is 90.3 Å². The van der Waals surface area contributed by atoms with E-state index in [9.17, 15) is 14.4 Å². The van der Waals surface area contributed by atoms with Gasteiger partial charge >= 0.3 is 18.0 Å². The van der Waals surface area contributed by atoms with Gasteiger partial charge in [0.2, 0.25) is 0 Å². The fourth-order valence-electron chi connectivity index (χ4n) is 2.02. The van der Waals surface area contributed by atoms with Crippen molar-refractivity contribution >= 4 is 30.4 Å². The average Bonchev–Trinajstić information content (AvgIpc) is 2.55. The summed E-state index contributed by atoms with van der Waals surface area (Å²) in [4.78, 5) is 33.9. The Labute approximate surface area is 158 Å². The van der Waals surface area contributed by atoms with Gasteiger partial charge in [0.1, 0.15) is 5.60 Å². The molecule has 0 aromatic heterocycles. The topological polar surface area (TPSA) is 135 Å². The van der Waals surface area contributed by atoms with Gasteiger partial charge < -0.3 is 34.6 Å². The van der Waals surface area contributed by atoms with Crippen LogP contribution in [0.15, 0.2) is 0 Å². The molecule has 0 aliphatic carbocycles. The molecule has 0 spiro atoms. The van der Waals surface area contributed by atoms with Crippen LogP contribution < -0.4 is 5.32 Å². The summed E-state index contributed by atoms with van der Waals surface area (Å²) in [6.45, 7) is 7.58. The number of morpholine rings is 2. The third-order valence-corrected chi connectivity index (χ3v) is 3.20. The maximum Gasteiger partial charge on any atom is 0.410 e. The molecule has 2 fully saturated rings. The zero-order valence-corrected chi connectivity index (χ0v) is 15.9. The Morgan fingerprint density at radius 1 is 1.08 bits per heavy atom. The monoisotopic (exact) mass is 398 g/mol. The Kier molecular flexibility index (Phi) is 10.5. The number of ether oxygens (including phenoxy) is 3. The van der Waals surface area contributed by atoms with Crippen molar-refractivity contribution in [3.05, 3.63) is 0 Å². The maximum absolute atomic E-state index is 11.6. The van der Waals surface area contributed by atoms with E-state index in [1.807, 2.05) is 0 Å². The molecule has 3 N–H and O–H groups in total. The number of hydrogen-bond acceptors (Lipinski definition) is 7. The molecule has 0 saturated carbocycles. The van der Waals surface area contributed by atoms with Gasteiger partial charge in [-0.1, -0.05) is 0 Å². The first-order valence-electron chi connectivity index (χ1n) is 7.97. The third-order valence-electron chi connectivity index (χ3n) is 3.20. The molecule has 152 valence electrons. The molecule has 10 nitrogen and oxygen atoms in total. The quantitative estimate of drug-likeness (QED) is 0.595. The van der Waals surface area contributed by atoms with Crippen molar-refractivity contribution in [2.75, 3.05) is 39.4 Å². The van der Waals surface area contributed by atoms with Gasteiger partial charge in [-0.3, -0.25) is 0 Å². The lowest BCUT2D eigenvalue weighted by Gasteiger charge is -2.32. The summed E-state index contributed by atoms with van der Waals surface area (Å²) < 4.78 is 15.0. The van der Waals surface area contributed by atoms with Crippen LogP contribution in [0, 0.1) is 0 Å². The van der Waals surface area contributed by atoms with Crippen molar-refractivity contribution in [3.63, 3.8) is 0 Å². The van der Waals surface area contributed by atoms with E-state index in [0.29, 0.717) is 19.7 Å². The lowest BCUT2D eigenvalue weighted by atomic mass is 10.2. The number of nitrogens with one attached hydrogen (secondary N) is 1. The molecule has 2 heterocycles. The lowest BCUT2D eigenvalue weighted by molar-refractivity contribution is -0.155. The van der Waals surface area contributed by atoms with E-state index in [2.05, 4.69) is 5.32 Å². The number of carboxylic acids is 2. The third kappa shape index (κ3) is 9.18. The highest BCUT2D eigenvalue weighted by atomic mass is 35.5. The number of amides is 1. The zero-order valence-electron chi connectivity index (χ0n) is 15.1. The van der Waals surface area contributed by atoms with Crippen LogP contribution in [0.25, 0.3) is 0 Å². The molecule has 0 radical (unpaired) electrons. The van der Waals surface area contributed by atoms with Crippen molar-refractivity contribution in [3.8, 4) is 0 Å². The summed E-state index contributed by atoms with van der Waals surface area (Å²) in [6.07, 6.45) is -2.10. The molecular formula is C15H27ClN2O8. The van der Waals surface area contributed by atoms with E-state index in [1.165, 1.54) is 4.90 Å². The summed E-state index contributed by atoms with van der Waals surface area (Å²) in [5, 5.41) is 20.1. The number of aliphatic carboxylic acids is 2. The van der Waals surface area contributed by atoms with Crippen molar-refractivity contribution in [1.29, 1.82) is 0 Å². The first-order valence-corrected chi connectivity index (χ1v) is 7.97. The SMILES string of the molecule is CC(C)(C)OC(=O)N1CCOC(C(=O)O)C1.Cl.O=C(O)C1CNCCO1. The zero-order chi connectivity index (χ0) is 19.0. The summed E-state index contributed by atoms with van der Waals surface area (Å²) in [5.41, 5.74) is -0.575. The van der Waals surface area contributed by atoms with Gasteiger partial charge in [0.25, 0.3) is 0 Å². The van der Waals surface area contributed by atoms with Gasteiger partial charge in [-0.05, 0) is 20.8 Å². The summed E-state index contributed by atoms with van der Waals surface area (Å²) in [6, 6.07) is 0. The van der Waals surface area contributed by atoms with E-state index >= 15 is 0 Å². The molecule has 2 aliphatic rings. The van der Waals surface area contributed by atoms with Crippen LogP contribution >= 0.6 is 12.4 Å². The van der Waals surface area contributed by atoms with Crippen LogP contribution in [0.5, 0.6) is 0 Å². The molecule has 26 heavy (non-hydrogen) atoms.